The summed E-state index contributed by atoms with van der Waals surface area (Å²) in [5.74, 6) is -1.05. The topological polar surface area (TPSA) is 22.1 Å². The Balaban J connectivity index is 0.00000220. The first-order valence-corrected chi connectivity index (χ1v) is 6.31. The van der Waals surface area contributed by atoms with Gasteiger partial charge in [-0.25, -0.2) is 4.39 Å². The van der Waals surface area contributed by atoms with Crippen molar-refractivity contribution in [1.29, 1.82) is 0 Å². The largest absolute Gasteiger partial charge is 0.432 e. The summed E-state index contributed by atoms with van der Waals surface area (Å²) in [6.07, 6.45) is 1.57. The number of hydrogen-bond donors (Lipinski definition) is 0. The van der Waals surface area contributed by atoms with Gasteiger partial charge in [0.2, 0.25) is 0 Å². The van der Waals surface area contributed by atoms with Crippen molar-refractivity contribution in [2.75, 3.05) is 0 Å². The lowest BCUT2D eigenvalue weighted by atomic mass is 10.0. The Kier molecular flexibility index (Phi) is 6.30. The van der Waals surface area contributed by atoms with Gasteiger partial charge in [0.25, 0.3) is 0 Å². The van der Waals surface area contributed by atoms with Crippen LogP contribution in [0.2, 0.25) is 0 Å². The van der Waals surface area contributed by atoms with Crippen molar-refractivity contribution in [2.45, 2.75) is 19.4 Å². The third-order valence-electron chi connectivity index (χ3n) is 2.82. The molecule has 1 aromatic carbocycles. The van der Waals surface area contributed by atoms with Gasteiger partial charge in [-0.05, 0) is 36.2 Å². The van der Waals surface area contributed by atoms with Gasteiger partial charge in [0.05, 0.1) is 0 Å². The highest BCUT2D eigenvalue weighted by Crippen LogP contribution is 2.28. The summed E-state index contributed by atoms with van der Waals surface area (Å²) in [4.78, 5) is 4.17. The van der Waals surface area contributed by atoms with Crippen LogP contribution in [0.15, 0.2) is 30.5 Å². The number of alkyl halides is 3. The van der Waals surface area contributed by atoms with Gasteiger partial charge >= 0.3 is 6.61 Å². The van der Waals surface area contributed by atoms with Crippen molar-refractivity contribution in [2.24, 2.45) is 0 Å². The molecule has 0 atom stereocenters. The smallest absolute Gasteiger partial charge is 0.387 e. The lowest BCUT2D eigenvalue weighted by Crippen LogP contribution is -2.03. The van der Waals surface area contributed by atoms with E-state index < -0.39 is 18.2 Å². The van der Waals surface area contributed by atoms with Crippen LogP contribution in [0.4, 0.5) is 13.2 Å². The third kappa shape index (κ3) is 4.25. The molecule has 0 aliphatic heterocycles. The van der Waals surface area contributed by atoms with Gasteiger partial charge in [0.15, 0.2) is 11.6 Å². The standard InChI is InChI=1S/C14H11ClF3NO.ClH/c1-8-10(6-15)4-11(7-19-8)9-2-3-12(16)13(5-9)20-14(17)18;/h2-5,7,14H,6H2,1H3;1H. The van der Waals surface area contributed by atoms with E-state index in [4.69, 9.17) is 11.6 Å². The number of pyridine rings is 1. The molecule has 1 aromatic heterocycles. The fourth-order valence-corrected chi connectivity index (χ4v) is 2.01. The van der Waals surface area contributed by atoms with Crippen LogP contribution in [0.3, 0.4) is 0 Å². The number of rotatable bonds is 4. The Hall–Kier alpha value is -1.46. The zero-order valence-corrected chi connectivity index (χ0v) is 12.5. The average molecular weight is 338 g/mol. The van der Waals surface area contributed by atoms with Gasteiger partial charge in [-0.15, -0.1) is 24.0 Å². The third-order valence-corrected chi connectivity index (χ3v) is 3.10. The molecule has 0 amide bonds. The van der Waals surface area contributed by atoms with Crippen LogP contribution in [0.25, 0.3) is 11.1 Å². The second-order valence-corrected chi connectivity index (χ2v) is 4.39. The van der Waals surface area contributed by atoms with E-state index in [0.29, 0.717) is 11.1 Å². The number of ether oxygens (including phenoxy) is 1. The maximum Gasteiger partial charge on any atom is 0.387 e. The molecule has 2 rings (SSSR count). The van der Waals surface area contributed by atoms with E-state index in [1.807, 2.05) is 6.92 Å². The number of benzene rings is 1. The van der Waals surface area contributed by atoms with Gasteiger partial charge in [-0.3, -0.25) is 4.98 Å². The second kappa shape index (κ2) is 7.52. The lowest BCUT2D eigenvalue weighted by molar-refractivity contribution is -0.0521. The molecule has 0 unspecified atom stereocenters. The van der Waals surface area contributed by atoms with Crippen molar-refractivity contribution < 1.29 is 17.9 Å². The maximum atomic E-state index is 13.4. The van der Waals surface area contributed by atoms with Crippen molar-refractivity contribution >= 4 is 24.0 Å². The Morgan fingerprint density at radius 3 is 2.57 bits per heavy atom. The summed E-state index contributed by atoms with van der Waals surface area (Å²) in [6.45, 7) is -1.26. The second-order valence-electron chi connectivity index (χ2n) is 4.13. The summed E-state index contributed by atoms with van der Waals surface area (Å²) in [5.41, 5.74) is 2.80. The molecule has 0 saturated heterocycles. The van der Waals surface area contributed by atoms with Crippen LogP contribution >= 0.6 is 24.0 Å². The van der Waals surface area contributed by atoms with Crippen molar-refractivity contribution in [3.8, 4) is 16.9 Å². The minimum Gasteiger partial charge on any atom is -0.432 e. The van der Waals surface area contributed by atoms with Crippen LogP contribution < -0.4 is 4.74 Å². The van der Waals surface area contributed by atoms with E-state index in [1.54, 1.807) is 12.3 Å². The average Bonchev–Trinajstić information content (AvgIpc) is 2.41. The maximum absolute atomic E-state index is 13.4. The monoisotopic (exact) mass is 337 g/mol. The molecule has 0 bridgehead atoms. The van der Waals surface area contributed by atoms with Gasteiger partial charge in [-0.1, -0.05) is 6.07 Å². The summed E-state index contributed by atoms with van der Waals surface area (Å²) in [7, 11) is 0. The molecule has 0 radical (unpaired) electrons. The summed E-state index contributed by atoms with van der Waals surface area (Å²) < 4.78 is 41.9. The molecule has 0 aliphatic rings. The molecular weight excluding hydrogens is 326 g/mol. The first kappa shape index (κ1) is 17.6. The van der Waals surface area contributed by atoms with Crippen LogP contribution in [-0.2, 0) is 5.88 Å². The first-order valence-electron chi connectivity index (χ1n) is 5.77. The predicted octanol–water partition coefficient (Wildman–Crippen LogP) is 4.96. The molecule has 1 heterocycles. The zero-order valence-electron chi connectivity index (χ0n) is 10.9. The zero-order chi connectivity index (χ0) is 14.7. The number of halogens is 5. The molecule has 0 aliphatic carbocycles. The van der Waals surface area contributed by atoms with Gasteiger partial charge in [0, 0.05) is 23.3 Å². The lowest BCUT2D eigenvalue weighted by Gasteiger charge is -2.09. The molecule has 114 valence electrons. The van der Waals surface area contributed by atoms with Gasteiger partial charge in [-0.2, -0.15) is 8.78 Å². The van der Waals surface area contributed by atoms with Crippen molar-refractivity contribution in [3.63, 3.8) is 0 Å². The van der Waals surface area contributed by atoms with E-state index in [9.17, 15) is 13.2 Å². The van der Waals surface area contributed by atoms with E-state index in [2.05, 4.69) is 9.72 Å². The van der Waals surface area contributed by atoms with E-state index in [1.165, 1.54) is 12.1 Å². The Labute approximate surface area is 131 Å². The quantitative estimate of drug-likeness (QED) is 0.735. The number of aryl methyl sites for hydroxylation is 1. The Bertz CT molecular complexity index is 623. The SMILES string of the molecule is Cc1ncc(-c2ccc(F)c(OC(F)F)c2)cc1CCl.Cl. The van der Waals surface area contributed by atoms with Crippen LogP contribution in [0.5, 0.6) is 5.75 Å². The van der Waals surface area contributed by atoms with E-state index in [-0.39, 0.29) is 18.3 Å². The molecule has 2 aromatic rings. The minimum atomic E-state index is -3.07. The fourth-order valence-electron chi connectivity index (χ4n) is 1.74. The van der Waals surface area contributed by atoms with Gasteiger partial charge < -0.3 is 4.74 Å². The van der Waals surface area contributed by atoms with Crippen LogP contribution in [0, 0.1) is 12.7 Å². The van der Waals surface area contributed by atoms with E-state index in [0.717, 1.165) is 17.3 Å². The molecular formula is C14H12Cl2F3NO. The molecule has 0 fully saturated rings. The van der Waals surface area contributed by atoms with Gasteiger partial charge in [0.1, 0.15) is 0 Å². The molecule has 0 N–H and O–H groups in total. The molecule has 21 heavy (non-hydrogen) atoms. The highest BCUT2D eigenvalue weighted by Gasteiger charge is 2.12. The molecule has 0 saturated carbocycles. The first-order chi connectivity index (χ1) is 9.51. The fraction of sp³-hybridized carbons (Fsp3) is 0.214. The molecule has 7 heteroatoms. The predicted molar refractivity (Wildman–Crippen MR) is 77.8 cm³/mol. The summed E-state index contributed by atoms with van der Waals surface area (Å²) in [6, 6.07) is 5.55. The summed E-state index contributed by atoms with van der Waals surface area (Å²) >= 11 is 5.79. The molecule has 2 nitrogen and oxygen atoms in total. The highest BCUT2D eigenvalue weighted by atomic mass is 35.5. The Morgan fingerprint density at radius 2 is 1.95 bits per heavy atom. The Morgan fingerprint density at radius 1 is 1.24 bits per heavy atom. The van der Waals surface area contributed by atoms with Crippen LogP contribution in [0.1, 0.15) is 11.3 Å². The van der Waals surface area contributed by atoms with Crippen molar-refractivity contribution in [1.82, 2.24) is 4.98 Å². The number of nitrogens with zero attached hydrogens (tertiary/aromatic N) is 1. The number of aromatic nitrogens is 1. The number of hydrogen-bond acceptors (Lipinski definition) is 2. The molecule has 0 spiro atoms. The highest BCUT2D eigenvalue weighted by molar-refractivity contribution is 6.17. The van der Waals surface area contributed by atoms with Crippen LogP contribution in [-0.4, -0.2) is 11.6 Å². The summed E-state index contributed by atoms with van der Waals surface area (Å²) in [5, 5.41) is 0. The van der Waals surface area contributed by atoms with E-state index >= 15 is 0 Å². The minimum absolute atomic E-state index is 0. The normalized spacial score (nSPS) is 10.4. The van der Waals surface area contributed by atoms with Crippen molar-refractivity contribution in [3.05, 3.63) is 47.5 Å².